The molecule has 6 rings (SSSR count). The summed E-state index contributed by atoms with van der Waals surface area (Å²) in [5.41, 5.74) is 4.74. The molecule has 36 heavy (non-hydrogen) atoms. The fraction of sp³-hybridized carbons (Fsp3) is 0.321. The van der Waals surface area contributed by atoms with E-state index in [-0.39, 0.29) is 17.5 Å². The van der Waals surface area contributed by atoms with E-state index < -0.39 is 0 Å². The smallest absolute Gasteiger partial charge is 0.329 e. The highest BCUT2D eigenvalue weighted by Gasteiger charge is 2.36. The van der Waals surface area contributed by atoms with E-state index in [0.29, 0.717) is 48.5 Å². The van der Waals surface area contributed by atoms with Gasteiger partial charge in [-0.15, -0.1) is 0 Å². The Kier molecular flexibility index (Phi) is 5.22. The predicted octanol–water partition coefficient (Wildman–Crippen LogP) is 3.94. The second-order valence-corrected chi connectivity index (χ2v) is 9.30. The van der Waals surface area contributed by atoms with E-state index in [1.165, 1.54) is 4.90 Å². The van der Waals surface area contributed by atoms with Crippen molar-refractivity contribution in [2.45, 2.75) is 33.9 Å². The molecule has 0 saturated carbocycles. The molecule has 0 atom stereocenters. The maximum atomic E-state index is 13.9. The average Bonchev–Trinajstić information content (AvgIpc) is 3.16. The van der Waals surface area contributed by atoms with Crippen LogP contribution in [0.4, 0.5) is 11.4 Å². The number of aromatic nitrogens is 2. The first kappa shape index (κ1) is 22.5. The van der Waals surface area contributed by atoms with Crippen LogP contribution >= 0.6 is 0 Å². The van der Waals surface area contributed by atoms with E-state index in [1.807, 2.05) is 57.2 Å². The summed E-state index contributed by atoms with van der Waals surface area (Å²) in [6, 6.07) is 13.2. The zero-order valence-corrected chi connectivity index (χ0v) is 20.7. The van der Waals surface area contributed by atoms with E-state index in [2.05, 4.69) is 4.90 Å². The zero-order chi connectivity index (χ0) is 25.1. The minimum atomic E-state index is -0.347. The first-order valence-corrected chi connectivity index (χ1v) is 12.5. The number of hydrogen-bond donors (Lipinski definition) is 0. The molecule has 3 heterocycles. The SMILES string of the molecule is CCn1c(=O)n(CC)c2cc(N3C(=O)c4cccc5c(N6CCOCC6)ccc(c45)C3=O)c(C)cc21. The van der Waals surface area contributed by atoms with Gasteiger partial charge in [-0.1, -0.05) is 12.1 Å². The van der Waals surface area contributed by atoms with Crippen molar-refractivity contribution in [1.82, 2.24) is 9.13 Å². The number of rotatable bonds is 4. The highest BCUT2D eigenvalue weighted by molar-refractivity contribution is 6.36. The van der Waals surface area contributed by atoms with Crippen LogP contribution in [0.3, 0.4) is 0 Å². The van der Waals surface area contributed by atoms with Crippen molar-refractivity contribution in [1.29, 1.82) is 0 Å². The summed E-state index contributed by atoms with van der Waals surface area (Å²) >= 11 is 0. The molecule has 2 amide bonds. The largest absolute Gasteiger partial charge is 0.378 e. The first-order chi connectivity index (χ1) is 17.5. The normalized spacial score (nSPS) is 16.0. The molecule has 1 fully saturated rings. The standard InChI is InChI=1S/C28H28N4O4/c1-4-30-23-15-17(3)22(16-24(23)31(5-2)28(30)35)32-26(33)19-8-6-7-18-21(29-11-13-36-14-12-29)10-9-20(25(18)19)27(32)34/h6-10,15-16H,4-5,11-14H2,1-3H3. The number of carbonyl (C=O) groups is 2. The number of imidazole rings is 1. The monoisotopic (exact) mass is 484 g/mol. The highest BCUT2D eigenvalue weighted by atomic mass is 16.5. The molecular formula is C28H28N4O4. The van der Waals surface area contributed by atoms with Gasteiger partial charge >= 0.3 is 5.69 Å². The highest BCUT2D eigenvalue weighted by Crippen LogP contribution is 2.39. The lowest BCUT2D eigenvalue weighted by Gasteiger charge is -2.32. The van der Waals surface area contributed by atoms with Gasteiger partial charge in [0.25, 0.3) is 11.8 Å². The van der Waals surface area contributed by atoms with Gasteiger partial charge in [-0.2, -0.15) is 0 Å². The summed E-state index contributed by atoms with van der Waals surface area (Å²) in [5.74, 6) is -0.694. The predicted molar refractivity (Wildman–Crippen MR) is 140 cm³/mol. The van der Waals surface area contributed by atoms with Gasteiger partial charge in [0.15, 0.2) is 0 Å². The molecule has 4 aromatic rings. The molecule has 0 unspecified atom stereocenters. The number of benzene rings is 3. The van der Waals surface area contributed by atoms with Crippen LogP contribution in [0, 0.1) is 6.92 Å². The van der Waals surface area contributed by atoms with Gasteiger partial charge in [-0.05, 0) is 56.7 Å². The maximum Gasteiger partial charge on any atom is 0.329 e. The van der Waals surface area contributed by atoms with Crippen LogP contribution in [0.15, 0.2) is 47.3 Å². The number of anilines is 2. The van der Waals surface area contributed by atoms with Crippen molar-refractivity contribution in [3.8, 4) is 0 Å². The number of amides is 2. The summed E-state index contributed by atoms with van der Waals surface area (Å²) in [5, 5.41) is 1.61. The first-order valence-electron chi connectivity index (χ1n) is 12.5. The number of aryl methyl sites for hydroxylation is 3. The van der Waals surface area contributed by atoms with Gasteiger partial charge in [0.1, 0.15) is 0 Å². The fourth-order valence-electron chi connectivity index (χ4n) is 5.69. The number of fused-ring (bicyclic) bond motifs is 1. The third kappa shape index (κ3) is 3.07. The molecule has 0 radical (unpaired) electrons. The Morgan fingerprint density at radius 2 is 1.44 bits per heavy atom. The molecular weight excluding hydrogens is 456 g/mol. The minimum Gasteiger partial charge on any atom is -0.378 e. The summed E-state index contributed by atoms with van der Waals surface area (Å²) in [7, 11) is 0. The van der Waals surface area contributed by atoms with Crippen molar-refractivity contribution in [2.75, 3.05) is 36.1 Å². The van der Waals surface area contributed by atoms with Crippen LogP contribution in [-0.4, -0.2) is 47.3 Å². The zero-order valence-electron chi connectivity index (χ0n) is 20.7. The van der Waals surface area contributed by atoms with E-state index >= 15 is 0 Å². The number of imide groups is 1. The Balaban J connectivity index is 1.53. The van der Waals surface area contributed by atoms with Crippen molar-refractivity contribution in [3.63, 3.8) is 0 Å². The molecule has 0 aliphatic carbocycles. The Morgan fingerprint density at radius 1 is 0.806 bits per heavy atom. The van der Waals surface area contributed by atoms with Crippen molar-refractivity contribution in [3.05, 3.63) is 69.6 Å². The van der Waals surface area contributed by atoms with E-state index in [9.17, 15) is 14.4 Å². The van der Waals surface area contributed by atoms with Crippen LogP contribution in [-0.2, 0) is 17.8 Å². The van der Waals surface area contributed by atoms with Crippen molar-refractivity contribution in [2.24, 2.45) is 0 Å². The maximum absolute atomic E-state index is 13.9. The quantitative estimate of drug-likeness (QED) is 0.410. The molecule has 8 nitrogen and oxygen atoms in total. The van der Waals surface area contributed by atoms with E-state index in [0.717, 1.165) is 40.8 Å². The van der Waals surface area contributed by atoms with Gasteiger partial charge in [0.05, 0.1) is 29.9 Å². The van der Waals surface area contributed by atoms with Gasteiger partial charge in [0.2, 0.25) is 0 Å². The van der Waals surface area contributed by atoms with Crippen molar-refractivity contribution >= 4 is 45.0 Å². The molecule has 1 aromatic heterocycles. The lowest BCUT2D eigenvalue weighted by Crippen LogP contribution is -2.41. The van der Waals surface area contributed by atoms with Crippen LogP contribution in [0.1, 0.15) is 40.1 Å². The summed E-state index contributed by atoms with van der Waals surface area (Å²) in [4.78, 5) is 44.2. The third-order valence-electron chi connectivity index (χ3n) is 7.45. The van der Waals surface area contributed by atoms with Crippen LogP contribution in [0.5, 0.6) is 0 Å². The summed E-state index contributed by atoms with van der Waals surface area (Å²) < 4.78 is 8.91. The van der Waals surface area contributed by atoms with Crippen LogP contribution in [0.25, 0.3) is 21.8 Å². The Labute approximate surface area is 208 Å². The van der Waals surface area contributed by atoms with E-state index in [4.69, 9.17) is 4.74 Å². The van der Waals surface area contributed by atoms with Gasteiger partial charge in [-0.3, -0.25) is 18.7 Å². The van der Waals surface area contributed by atoms with Crippen LogP contribution < -0.4 is 15.5 Å². The Bertz CT molecular complexity index is 1600. The number of ether oxygens (including phenoxy) is 1. The Hall–Kier alpha value is -3.91. The Morgan fingerprint density at radius 3 is 2.11 bits per heavy atom. The van der Waals surface area contributed by atoms with Crippen molar-refractivity contribution < 1.29 is 14.3 Å². The molecule has 2 aliphatic heterocycles. The van der Waals surface area contributed by atoms with Gasteiger partial charge in [0, 0.05) is 53.8 Å². The average molecular weight is 485 g/mol. The van der Waals surface area contributed by atoms with Gasteiger partial charge < -0.3 is 9.64 Å². The fourth-order valence-corrected chi connectivity index (χ4v) is 5.69. The number of nitrogens with zero attached hydrogens (tertiary/aromatic N) is 4. The number of hydrogen-bond acceptors (Lipinski definition) is 5. The van der Waals surface area contributed by atoms with Crippen LogP contribution in [0.2, 0.25) is 0 Å². The minimum absolute atomic E-state index is 0.0893. The molecule has 0 N–H and O–H groups in total. The molecule has 2 aliphatic rings. The molecule has 1 saturated heterocycles. The van der Waals surface area contributed by atoms with Gasteiger partial charge in [-0.25, -0.2) is 9.69 Å². The van der Waals surface area contributed by atoms with E-state index in [1.54, 1.807) is 15.2 Å². The lowest BCUT2D eigenvalue weighted by molar-refractivity contribution is 0.0893. The molecule has 0 bridgehead atoms. The summed E-state index contributed by atoms with van der Waals surface area (Å²) in [6.45, 7) is 9.61. The third-order valence-corrected chi connectivity index (χ3v) is 7.45. The number of carbonyl (C=O) groups excluding carboxylic acids is 2. The second kappa shape index (κ2) is 8.34. The molecule has 0 spiro atoms. The summed E-state index contributed by atoms with van der Waals surface area (Å²) in [6.07, 6.45) is 0. The number of morpholine rings is 1. The molecule has 8 heteroatoms. The topological polar surface area (TPSA) is 76.8 Å². The second-order valence-electron chi connectivity index (χ2n) is 9.30. The molecule has 3 aromatic carbocycles. The molecule has 184 valence electrons. The lowest BCUT2D eigenvalue weighted by atomic mass is 9.92.